The van der Waals surface area contributed by atoms with Crippen LogP contribution in [0.2, 0.25) is 0 Å². The fourth-order valence-corrected chi connectivity index (χ4v) is 3.43. The number of halogens is 2. The van der Waals surface area contributed by atoms with E-state index in [2.05, 4.69) is 20.3 Å². The third-order valence-electron chi connectivity index (χ3n) is 3.67. The first-order chi connectivity index (χ1) is 13.0. The fourth-order valence-electron chi connectivity index (χ4n) is 2.39. The van der Waals surface area contributed by atoms with Gasteiger partial charge in [-0.05, 0) is 43.2 Å². The van der Waals surface area contributed by atoms with Gasteiger partial charge in [-0.3, -0.25) is 4.99 Å². The Morgan fingerprint density at radius 3 is 2.46 bits per heavy atom. The van der Waals surface area contributed by atoms with Crippen molar-refractivity contribution in [3.63, 3.8) is 0 Å². The summed E-state index contributed by atoms with van der Waals surface area (Å²) >= 11 is 0. The third kappa shape index (κ3) is 8.53. The molecule has 9 heteroatoms. The van der Waals surface area contributed by atoms with Crippen molar-refractivity contribution in [2.24, 2.45) is 4.99 Å². The molecule has 0 fully saturated rings. The van der Waals surface area contributed by atoms with Crippen LogP contribution in [0.4, 0.5) is 4.39 Å². The molecule has 3 N–H and O–H groups in total. The number of sulfonamides is 1. The molecule has 0 aliphatic carbocycles. The van der Waals surface area contributed by atoms with E-state index in [-0.39, 0.29) is 41.2 Å². The van der Waals surface area contributed by atoms with E-state index in [9.17, 15) is 12.8 Å². The maximum atomic E-state index is 13.2. The summed E-state index contributed by atoms with van der Waals surface area (Å²) in [6, 6.07) is 14.7. The van der Waals surface area contributed by atoms with Crippen molar-refractivity contribution in [1.82, 2.24) is 15.4 Å². The van der Waals surface area contributed by atoms with Gasteiger partial charge >= 0.3 is 0 Å². The maximum Gasteiger partial charge on any atom is 0.240 e. The molecule has 2 aromatic rings. The molecule has 0 aromatic heterocycles. The van der Waals surface area contributed by atoms with Gasteiger partial charge in [0.1, 0.15) is 5.82 Å². The molecule has 0 heterocycles. The predicted octanol–water partition coefficient (Wildman–Crippen LogP) is 2.52. The number of hydrogen-bond donors (Lipinski definition) is 3. The van der Waals surface area contributed by atoms with Gasteiger partial charge in [0.05, 0.1) is 11.4 Å². The molecular weight excluding hydrogens is 494 g/mol. The molecule has 0 atom stereocenters. The van der Waals surface area contributed by atoms with Crippen LogP contribution in [0.3, 0.4) is 0 Å². The average molecular weight is 520 g/mol. The Kier molecular flexibility index (Phi) is 11.0. The quantitative estimate of drug-likeness (QED) is 0.206. The molecule has 154 valence electrons. The van der Waals surface area contributed by atoms with E-state index in [1.165, 1.54) is 12.1 Å². The first-order valence-corrected chi connectivity index (χ1v) is 10.3. The van der Waals surface area contributed by atoms with Crippen molar-refractivity contribution in [2.45, 2.75) is 18.2 Å². The molecule has 0 bridgehead atoms. The normalized spacial score (nSPS) is 11.6. The summed E-state index contributed by atoms with van der Waals surface area (Å²) < 4.78 is 40.0. The lowest BCUT2D eigenvalue weighted by molar-refractivity contribution is 0.582. The predicted molar refractivity (Wildman–Crippen MR) is 121 cm³/mol. The van der Waals surface area contributed by atoms with Crippen molar-refractivity contribution >= 4 is 40.0 Å². The summed E-state index contributed by atoms with van der Waals surface area (Å²) in [5.74, 6) is 0.339. The second-order valence-corrected chi connectivity index (χ2v) is 7.55. The van der Waals surface area contributed by atoms with Crippen LogP contribution in [0.25, 0.3) is 0 Å². The number of hydrogen-bond acceptors (Lipinski definition) is 3. The summed E-state index contributed by atoms with van der Waals surface area (Å²) in [6.07, 6.45) is 0.656. The zero-order valence-corrected chi connectivity index (χ0v) is 18.8. The fraction of sp³-hybridized carbons (Fsp3) is 0.316. The summed E-state index contributed by atoms with van der Waals surface area (Å²) in [7, 11) is -3.52. The van der Waals surface area contributed by atoms with Crippen molar-refractivity contribution in [3.05, 3.63) is 66.0 Å². The van der Waals surface area contributed by atoms with E-state index in [1.807, 2.05) is 13.0 Å². The van der Waals surface area contributed by atoms with Crippen LogP contribution in [-0.4, -0.2) is 40.6 Å². The molecule has 0 aliphatic rings. The smallest absolute Gasteiger partial charge is 0.240 e. The van der Waals surface area contributed by atoms with Gasteiger partial charge in [0.2, 0.25) is 10.0 Å². The first kappa shape index (κ1) is 24.3. The van der Waals surface area contributed by atoms with Crippen LogP contribution in [0.15, 0.2) is 64.5 Å². The number of rotatable bonds is 9. The summed E-state index contributed by atoms with van der Waals surface area (Å²) in [4.78, 5) is 4.58. The monoisotopic (exact) mass is 520 g/mol. The standard InChI is InChI=1S/C19H25FN4O2S.HI/c1-2-21-19(22-12-11-16-7-6-8-17(20)15-16)23-13-14-24-27(25,26)18-9-4-3-5-10-18;/h3-10,15,24H,2,11-14H2,1H3,(H2,21,22,23);1H. The molecule has 6 nitrogen and oxygen atoms in total. The van der Waals surface area contributed by atoms with Crippen LogP contribution in [-0.2, 0) is 16.4 Å². The molecule has 0 saturated carbocycles. The second-order valence-electron chi connectivity index (χ2n) is 5.78. The van der Waals surface area contributed by atoms with E-state index in [4.69, 9.17) is 0 Å². The number of guanidine groups is 1. The highest BCUT2D eigenvalue weighted by atomic mass is 127. The van der Waals surface area contributed by atoms with E-state index >= 15 is 0 Å². The molecule has 0 radical (unpaired) electrons. The molecule has 0 amide bonds. The van der Waals surface area contributed by atoms with Crippen molar-refractivity contribution in [1.29, 1.82) is 0 Å². The highest BCUT2D eigenvalue weighted by molar-refractivity contribution is 14.0. The van der Waals surface area contributed by atoms with Crippen molar-refractivity contribution in [3.8, 4) is 0 Å². The van der Waals surface area contributed by atoms with Crippen LogP contribution in [0, 0.1) is 5.82 Å². The Balaban J connectivity index is 0.00000392. The third-order valence-corrected chi connectivity index (χ3v) is 5.14. The van der Waals surface area contributed by atoms with Crippen LogP contribution < -0.4 is 15.4 Å². The van der Waals surface area contributed by atoms with Gasteiger partial charge in [-0.15, -0.1) is 24.0 Å². The topological polar surface area (TPSA) is 82.6 Å². The minimum atomic E-state index is -3.52. The molecular formula is C19H26FIN4O2S. The molecule has 0 unspecified atom stereocenters. The summed E-state index contributed by atoms with van der Waals surface area (Å²) in [5, 5.41) is 6.25. The van der Waals surface area contributed by atoms with Crippen LogP contribution in [0.1, 0.15) is 12.5 Å². The Hall–Kier alpha value is -1.72. The van der Waals surface area contributed by atoms with Gasteiger partial charge in [0, 0.05) is 19.6 Å². The van der Waals surface area contributed by atoms with Gasteiger partial charge in [0.25, 0.3) is 0 Å². The average Bonchev–Trinajstić information content (AvgIpc) is 2.66. The number of benzene rings is 2. The minimum Gasteiger partial charge on any atom is -0.357 e. The first-order valence-electron chi connectivity index (χ1n) is 8.82. The van der Waals surface area contributed by atoms with Crippen molar-refractivity contribution in [2.75, 3.05) is 26.2 Å². The highest BCUT2D eigenvalue weighted by Crippen LogP contribution is 2.06. The maximum absolute atomic E-state index is 13.2. The van der Waals surface area contributed by atoms with Gasteiger partial charge in [-0.2, -0.15) is 0 Å². The zero-order valence-electron chi connectivity index (χ0n) is 15.7. The lowest BCUT2D eigenvalue weighted by atomic mass is 10.1. The zero-order chi connectivity index (χ0) is 19.5. The minimum absolute atomic E-state index is 0. The van der Waals surface area contributed by atoms with Gasteiger partial charge in [-0.25, -0.2) is 17.5 Å². The van der Waals surface area contributed by atoms with E-state index in [1.54, 1.807) is 36.4 Å². The van der Waals surface area contributed by atoms with Crippen LogP contribution >= 0.6 is 24.0 Å². The van der Waals surface area contributed by atoms with E-state index in [0.717, 1.165) is 5.56 Å². The number of nitrogens with zero attached hydrogens (tertiary/aromatic N) is 1. The summed E-state index contributed by atoms with van der Waals surface area (Å²) in [5.41, 5.74) is 0.897. The molecule has 0 spiro atoms. The van der Waals surface area contributed by atoms with Crippen LogP contribution in [0.5, 0.6) is 0 Å². The SMILES string of the molecule is CCNC(=NCCNS(=O)(=O)c1ccccc1)NCCc1cccc(F)c1.I. The number of aliphatic imine (C=N–C) groups is 1. The molecule has 28 heavy (non-hydrogen) atoms. The van der Waals surface area contributed by atoms with Gasteiger partial charge in [-0.1, -0.05) is 30.3 Å². The number of nitrogens with one attached hydrogen (secondary N) is 3. The second kappa shape index (κ2) is 12.7. The van der Waals surface area contributed by atoms with E-state index in [0.29, 0.717) is 32.0 Å². The van der Waals surface area contributed by atoms with Crippen molar-refractivity contribution < 1.29 is 12.8 Å². The lowest BCUT2D eigenvalue weighted by Crippen LogP contribution is -2.39. The molecule has 0 saturated heterocycles. The Bertz CT molecular complexity index is 848. The molecule has 2 rings (SSSR count). The van der Waals surface area contributed by atoms with E-state index < -0.39 is 10.0 Å². The van der Waals surface area contributed by atoms with Gasteiger partial charge in [0.15, 0.2) is 5.96 Å². The molecule has 0 aliphatic heterocycles. The Morgan fingerprint density at radius 2 is 1.79 bits per heavy atom. The Labute approximate surface area is 183 Å². The Morgan fingerprint density at radius 1 is 1.04 bits per heavy atom. The molecule has 2 aromatic carbocycles. The summed E-state index contributed by atoms with van der Waals surface area (Å²) in [6.45, 7) is 3.70. The highest BCUT2D eigenvalue weighted by Gasteiger charge is 2.11. The lowest BCUT2D eigenvalue weighted by Gasteiger charge is -2.11. The van der Waals surface area contributed by atoms with Gasteiger partial charge < -0.3 is 10.6 Å². The largest absolute Gasteiger partial charge is 0.357 e.